The maximum absolute atomic E-state index is 12.7. The van der Waals surface area contributed by atoms with Crippen LogP contribution >= 0.6 is 23.4 Å². The Morgan fingerprint density at radius 3 is 2.69 bits per heavy atom. The fraction of sp³-hybridized carbons (Fsp3) is 0.412. The van der Waals surface area contributed by atoms with Crippen LogP contribution in [0.5, 0.6) is 0 Å². The molecule has 2 aromatic rings. The predicted octanol–water partition coefficient (Wildman–Crippen LogP) is 1.80. The lowest BCUT2D eigenvalue weighted by molar-refractivity contribution is -0.124. The van der Waals surface area contributed by atoms with Gasteiger partial charge in [0.05, 0.1) is 23.2 Å². The second-order valence-electron chi connectivity index (χ2n) is 5.53. The molecule has 0 fully saturated rings. The van der Waals surface area contributed by atoms with Gasteiger partial charge in [0, 0.05) is 18.1 Å². The Morgan fingerprint density at radius 2 is 2.00 bits per heavy atom. The Bertz CT molecular complexity index is 869. The van der Waals surface area contributed by atoms with Crippen molar-refractivity contribution in [1.82, 2.24) is 20.2 Å². The van der Waals surface area contributed by atoms with Crippen molar-refractivity contribution in [2.75, 3.05) is 18.8 Å². The second kappa shape index (κ2) is 9.59. The summed E-state index contributed by atoms with van der Waals surface area (Å²) in [4.78, 5) is 40.5. The molecule has 1 aromatic carbocycles. The molecule has 2 rings (SSSR count). The van der Waals surface area contributed by atoms with Crippen LogP contribution in [0, 0.1) is 0 Å². The summed E-state index contributed by atoms with van der Waals surface area (Å²) in [5.74, 6) is -0.487. The van der Waals surface area contributed by atoms with Gasteiger partial charge < -0.3 is 10.6 Å². The summed E-state index contributed by atoms with van der Waals surface area (Å²) < 4.78 is 1.57. The quantitative estimate of drug-likeness (QED) is 0.524. The number of halogens is 1. The molecule has 2 amide bonds. The molecule has 1 aromatic heterocycles. The van der Waals surface area contributed by atoms with E-state index in [1.54, 1.807) is 29.7 Å². The molecule has 0 saturated heterocycles. The molecule has 7 nitrogen and oxygen atoms in total. The molecule has 0 radical (unpaired) electrons. The van der Waals surface area contributed by atoms with Crippen LogP contribution in [0.2, 0.25) is 5.02 Å². The van der Waals surface area contributed by atoms with Crippen molar-refractivity contribution >= 4 is 46.1 Å². The highest BCUT2D eigenvalue weighted by atomic mass is 35.5. The van der Waals surface area contributed by atoms with Crippen LogP contribution < -0.4 is 16.2 Å². The first kappa shape index (κ1) is 20.3. The normalized spacial score (nSPS) is 10.7. The standard InChI is InChI=1S/C17H21ClN4O3S/c1-3-7-22-16(25)12-6-5-11(18)8-13(12)21-17(22)26-10-15(24)20-9-14(23)19-4-2/h5-6,8H,3-4,7,9-10H2,1-2H3,(H,19,23)(H,20,24). The van der Waals surface area contributed by atoms with E-state index in [1.807, 2.05) is 6.92 Å². The minimum absolute atomic E-state index is 0.0572. The van der Waals surface area contributed by atoms with Crippen molar-refractivity contribution in [2.24, 2.45) is 0 Å². The molecule has 0 bridgehead atoms. The molecule has 2 N–H and O–H groups in total. The smallest absolute Gasteiger partial charge is 0.262 e. The monoisotopic (exact) mass is 396 g/mol. The van der Waals surface area contributed by atoms with Crippen molar-refractivity contribution in [2.45, 2.75) is 32.0 Å². The van der Waals surface area contributed by atoms with E-state index in [0.29, 0.717) is 34.2 Å². The van der Waals surface area contributed by atoms with E-state index in [-0.39, 0.29) is 29.7 Å². The van der Waals surface area contributed by atoms with Crippen molar-refractivity contribution in [3.8, 4) is 0 Å². The molecule has 1 heterocycles. The first-order valence-corrected chi connectivity index (χ1v) is 9.68. The fourth-order valence-corrected chi connectivity index (χ4v) is 3.35. The van der Waals surface area contributed by atoms with Gasteiger partial charge in [-0.25, -0.2) is 4.98 Å². The van der Waals surface area contributed by atoms with Crippen LogP contribution in [0.3, 0.4) is 0 Å². The number of nitrogens with zero attached hydrogens (tertiary/aromatic N) is 2. The molecule has 0 aliphatic carbocycles. The van der Waals surface area contributed by atoms with Crippen molar-refractivity contribution in [1.29, 1.82) is 0 Å². The van der Waals surface area contributed by atoms with E-state index in [2.05, 4.69) is 15.6 Å². The number of nitrogens with one attached hydrogen (secondary N) is 2. The lowest BCUT2D eigenvalue weighted by Gasteiger charge is -2.12. The van der Waals surface area contributed by atoms with Crippen LogP contribution in [-0.4, -0.2) is 40.2 Å². The lowest BCUT2D eigenvalue weighted by Crippen LogP contribution is -2.37. The molecule has 0 atom stereocenters. The van der Waals surface area contributed by atoms with Crippen molar-refractivity contribution in [3.05, 3.63) is 33.6 Å². The Morgan fingerprint density at radius 1 is 1.23 bits per heavy atom. The molecule has 0 aliphatic rings. The van der Waals surface area contributed by atoms with Crippen LogP contribution in [-0.2, 0) is 16.1 Å². The van der Waals surface area contributed by atoms with E-state index >= 15 is 0 Å². The summed E-state index contributed by atoms with van der Waals surface area (Å²) in [5.41, 5.74) is 0.346. The third kappa shape index (κ3) is 5.22. The average Bonchev–Trinajstić information content (AvgIpc) is 2.61. The van der Waals surface area contributed by atoms with E-state index in [4.69, 9.17) is 11.6 Å². The van der Waals surface area contributed by atoms with Crippen LogP contribution in [0.15, 0.2) is 28.2 Å². The number of benzene rings is 1. The molecular formula is C17H21ClN4O3S. The highest BCUT2D eigenvalue weighted by molar-refractivity contribution is 7.99. The fourth-order valence-electron chi connectivity index (χ4n) is 2.32. The van der Waals surface area contributed by atoms with E-state index in [0.717, 1.165) is 18.2 Å². The van der Waals surface area contributed by atoms with Crippen LogP contribution in [0.4, 0.5) is 0 Å². The number of carbonyl (C=O) groups excluding carboxylic acids is 2. The number of carbonyl (C=O) groups is 2. The molecule has 0 aliphatic heterocycles. The van der Waals surface area contributed by atoms with Gasteiger partial charge in [0.1, 0.15) is 0 Å². The van der Waals surface area contributed by atoms with E-state index in [1.165, 1.54) is 0 Å². The number of hydrogen-bond donors (Lipinski definition) is 2. The third-order valence-electron chi connectivity index (χ3n) is 3.48. The Labute approximate surface area is 160 Å². The number of amides is 2. The Hall–Kier alpha value is -2.06. The van der Waals surface area contributed by atoms with Crippen LogP contribution in [0.25, 0.3) is 10.9 Å². The SMILES string of the molecule is CCCn1c(SCC(=O)NCC(=O)NCC)nc2cc(Cl)ccc2c1=O. The number of hydrogen-bond acceptors (Lipinski definition) is 5. The molecule has 9 heteroatoms. The molecule has 0 saturated carbocycles. The minimum atomic E-state index is -0.301. The first-order valence-electron chi connectivity index (χ1n) is 8.32. The summed E-state index contributed by atoms with van der Waals surface area (Å²) >= 11 is 7.15. The lowest BCUT2D eigenvalue weighted by atomic mass is 10.2. The zero-order chi connectivity index (χ0) is 19.1. The van der Waals surface area contributed by atoms with Gasteiger partial charge in [0.15, 0.2) is 5.16 Å². The zero-order valence-corrected chi connectivity index (χ0v) is 16.2. The molecule has 0 spiro atoms. The summed E-state index contributed by atoms with van der Waals surface area (Å²) in [6.45, 7) is 4.71. The zero-order valence-electron chi connectivity index (χ0n) is 14.7. The van der Waals surface area contributed by atoms with Gasteiger partial charge in [-0.3, -0.25) is 19.0 Å². The first-order chi connectivity index (χ1) is 12.5. The number of likely N-dealkylation sites (N-methyl/N-ethyl adjacent to an activating group) is 1. The maximum Gasteiger partial charge on any atom is 0.262 e. The summed E-state index contributed by atoms with van der Waals surface area (Å²) in [6, 6.07) is 4.95. The summed E-state index contributed by atoms with van der Waals surface area (Å²) in [5, 5.41) is 6.59. The van der Waals surface area contributed by atoms with Gasteiger partial charge in [-0.2, -0.15) is 0 Å². The minimum Gasteiger partial charge on any atom is -0.355 e. The third-order valence-corrected chi connectivity index (χ3v) is 4.69. The van der Waals surface area contributed by atoms with Gasteiger partial charge in [-0.15, -0.1) is 0 Å². The average molecular weight is 397 g/mol. The van der Waals surface area contributed by atoms with Gasteiger partial charge in [0.2, 0.25) is 11.8 Å². The van der Waals surface area contributed by atoms with Gasteiger partial charge in [-0.05, 0) is 31.5 Å². The van der Waals surface area contributed by atoms with E-state index in [9.17, 15) is 14.4 Å². The van der Waals surface area contributed by atoms with Gasteiger partial charge >= 0.3 is 0 Å². The number of rotatable bonds is 8. The Balaban J connectivity index is 2.17. The number of aromatic nitrogens is 2. The second-order valence-corrected chi connectivity index (χ2v) is 6.91. The summed E-state index contributed by atoms with van der Waals surface area (Å²) in [6.07, 6.45) is 0.762. The van der Waals surface area contributed by atoms with Crippen LogP contribution in [0.1, 0.15) is 20.3 Å². The highest BCUT2D eigenvalue weighted by Crippen LogP contribution is 2.20. The van der Waals surface area contributed by atoms with Gasteiger partial charge in [0.25, 0.3) is 5.56 Å². The topological polar surface area (TPSA) is 93.1 Å². The molecule has 140 valence electrons. The summed E-state index contributed by atoms with van der Waals surface area (Å²) in [7, 11) is 0. The Kier molecular flexibility index (Phi) is 7.47. The van der Waals surface area contributed by atoms with Gasteiger partial charge in [-0.1, -0.05) is 30.3 Å². The van der Waals surface area contributed by atoms with Crippen molar-refractivity contribution in [3.63, 3.8) is 0 Å². The van der Waals surface area contributed by atoms with E-state index < -0.39 is 0 Å². The number of fused-ring (bicyclic) bond motifs is 1. The largest absolute Gasteiger partial charge is 0.355 e. The highest BCUT2D eigenvalue weighted by Gasteiger charge is 2.13. The van der Waals surface area contributed by atoms with Crippen molar-refractivity contribution < 1.29 is 9.59 Å². The number of thioether (sulfide) groups is 1. The molecule has 26 heavy (non-hydrogen) atoms. The molecule has 0 unspecified atom stereocenters. The maximum atomic E-state index is 12.7. The predicted molar refractivity (Wildman–Crippen MR) is 104 cm³/mol. The molecular weight excluding hydrogens is 376 g/mol.